The van der Waals surface area contributed by atoms with Crippen LogP contribution in [0, 0.1) is 12.3 Å². The lowest BCUT2D eigenvalue weighted by Gasteiger charge is -2.54. The minimum atomic E-state index is -0.689. The predicted octanol–water partition coefficient (Wildman–Crippen LogP) is 5.27. The molecule has 1 unspecified atom stereocenters. The van der Waals surface area contributed by atoms with E-state index in [2.05, 4.69) is 11.2 Å². The normalized spacial score (nSPS) is 20.1. The van der Waals surface area contributed by atoms with E-state index in [1.807, 2.05) is 57.2 Å². The third-order valence-corrected chi connectivity index (χ3v) is 6.81. The average Bonchev–Trinajstić information content (AvgIpc) is 3.16. The molecule has 0 saturated carbocycles. The Morgan fingerprint density at radius 1 is 1.12 bits per heavy atom. The third kappa shape index (κ3) is 8.54. The molecule has 1 N–H and O–H groups in total. The highest BCUT2D eigenvalue weighted by Gasteiger charge is 2.50. The van der Waals surface area contributed by atoms with Gasteiger partial charge >= 0.3 is 6.03 Å². The molecular weight excluding hydrogens is 521 g/mol. The molecule has 1 aromatic carbocycles. The van der Waals surface area contributed by atoms with E-state index in [0.717, 1.165) is 11.1 Å². The molecule has 1 aliphatic carbocycles. The number of halogens is 1. The van der Waals surface area contributed by atoms with Crippen molar-refractivity contribution >= 4 is 17.8 Å². The van der Waals surface area contributed by atoms with E-state index in [9.17, 15) is 18.8 Å². The van der Waals surface area contributed by atoms with Gasteiger partial charge in [0.2, 0.25) is 11.8 Å². The summed E-state index contributed by atoms with van der Waals surface area (Å²) in [5, 5.41) is 6.00. The van der Waals surface area contributed by atoms with Gasteiger partial charge in [0.05, 0.1) is 19.6 Å². The number of terminal acetylenes is 1. The van der Waals surface area contributed by atoms with Gasteiger partial charge in [-0.05, 0) is 42.6 Å². The fourth-order valence-electron chi connectivity index (χ4n) is 4.97. The number of benzene rings is 1. The number of hydrogen-bond acceptors (Lipinski definition) is 4. The highest BCUT2D eigenvalue weighted by atomic mass is 19.1. The van der Waals surface area contributed by atoms with Gasteiger partial charge in [-0.15, -0.1) is 6.42 Å². The van der Waals surface area contributed by atoms with Gasteiger partial charge in [0.1, 0.15) is 18.0 Å². The van der Waals surface area contributed by atoms with Crippen molar-refractivity contribution in [2.75, 3.05) is 26.2 Å². The second kappa shape index (κ2) is 17.0. The molecule has 0 bridgehead atoms. The molecule has 4 rings (SSSR count). The zero-order valence-corrected chi connectivity index (χ0v) is 23.0. The van der Waals surface area contributed by atoms with Gasteiger partial charge in [0.25, 0.3) is 0 Å². The van der Waals surface area contributed by atoms with Crippen LogP contribution < -0.4 is 5.32 Å². The van der Waals surface area contributed by atoms with Crippen LogP contribution in [-0.2, 0) is 16.1 Å². The van der Waals surface area contributed by atoms with E-state index >= 15 is 0 Å². The van der Waals surface area contributed by atoms with Gasteiger partial charge in [0.15, 0.2) is 0 Å². The van der Waals surface area contributed by atoms with E-state index in [-0.39, 0.29) is 58.2 Å². The highest BCUT2D eigenvalue weighted by Crippen LogP contribution is 2.28. The predicted molar refractivity (Wildman–Crippen MR) is 163 cm³/mol. The van der Waals surface area contributed by atoms with Crippen molar-refractivity contribution in [3.63, 3.8) is 0 Å². The second-order valence-corrected chi connectivity index (χ2v) is 9.19. The standard InChI is InChI=1S/C28H32FN5O3.C2H6.2CH4/c1-3-16-32-20-26(35)33-24(4-2)27(36)31(17-15-21-11-8-12-23(29)14-13-21)19-25(33)34(32)28(37)30-18-22-9-6-5-7-10-22;1-2;;/h1,5-7,9-14,24-25H,4,8,15-20H2,2H3,(H,30,37);1-2H3;2*1H4/t24?,25-;;;/m0.../s1. The summed E-state index contributed by atoms with van der Waals surface area (Å²) in [5.74, 6) is 1.87. The fourth-order valence-corrected chi connectivity index (χ4v) is 4.97. The first kappa shape index (κ1) is 35.1. The minimum Gasteiger partial charge on any atom is -0.337 e. The molecule has 2 atom stereocenters. The lowest BCUT2D eigenvalue weighted by atomic mass is 10.0. The van der Waals surface area contributed by atoms with Crippen LogP contribution in [-0.4, -0.2) is 76.0 Å². The molecular formula is C32H46FN5O3. The number of amides is 4. The molecule has 0 aromatic heterocycles. The van der Waals surface area contributed by atoms with Crippen molar-refractivity contribution in [1.29, 1.82) is 0 Å². The molecule has 41 heavy (non-hydrogen) atoms. The lowest BCUT2D eigenvalue weighted by molar-refractivity contribution is -0.188. The smallest absolute Gasteiger partial charge is 0.334 e. The summed E-state index contributed by atoms with van der Waals surface area (Å²) in [4.78, 5) is 43.3. The summed E-state index contributed by atoms with van der Waals surface area (Å²) in [6.45, 7) is 6.71. The summed E-state index contributed by atoms with van der Waals surface area (Å²) in [5.41, 5.74) is 1.87. The summed E-state index contributed by atoms with van der Waals surface area (Å²) >= 11 is 0. The molecule has 0 spiro atoms. The van der Waals surface area contributed by atoms with E-state index in [4.69, 9.17) is 6.42 Å². The Labute approximate surface area is 245 Å². The first-order valence-corrected chi connectivity index (χ1v) is 13.5. The monoisotopic (exact) mass is 567 g/mol. The minimum absolute atomic E-state index is 0. The highest BCUT2D eigenvalue weighted by molar-refractivity contribution is 5.91. The zero-order valence-electron chi connectivity index (χ0n) is 23.0. The summed E-state index contributed by atoms with van der Waals surface area (Å²) in [6, 6.07) is 8.46. The Morgan fingerprint density at radius 2 is 1.83 bits per heavy atom. The molecule has 2 aliphatic heterocycles. The number of carbonyl (C=O) groups is 3. The van der Waals surface area contributed by atoms with Crippen LogP contribution in [0.4, 0.5) is 9.18 Å². The van der Waals surface area contributed by atoms with Crippen molar-refractivity contribution in [2.45, 2.75) is 73.6 Å². The number of fused-ring (bicyclic) bond motifs is 1. The molecule has 2 saturated heterocycles. The van der Waals surface area contributed by atoms with Crippen LogP contribution in [0.1, 0.15) is 60.5 Å². The summed E-state index contributed by atoms with van der Waals surface area (Å²) in [7, 11) is 0. The largest absolute Gasteiger partial charge is 0.337 e. The van der Waals surface area contributed by atoms with Crippen LogP contribution in [0.15, 0.2) is 66.0 Å². The molecule has 3 aliphatic rings. The molecule has 4 amide bonds. The third-order valence-electron chi connectivity index (χ3n) is 6.81. The number of rotatable bonds is 7. The van der Waals surface area contributed by atoms with Crippen LogP contribution >= 0.6 is 0 Å². The number of nitrogens with one attached hydrogen (secondary N) is 1. The van der Waals surface area contributed by atoms with Crippen molar-refractivity contribution in [1.82, 2.24) is 25.1 Å². The average molecular weight is 568 g/mol. The van der Waals surface area contributed by atoms with Gasteiger partial charge in [0, 0.05) is 13.1 Å². The number of allylic oxidation sites excluding steroid dienone is 5. The number of hydrazine groups is 1. The first-order valence-electron chi connectivity index (χ1n) is 13.5. The van der Waals surface area contributed by atoms with Crippen LogP contribution in [0.2, 0.25) is 0 Å². The SMILES string of the molecule is C.C.C#CCN1CC(=O)N2C(CC)C(=O)N(CCC3=CCC=C(F)C=C3)C[C@@H]2N1C(=O)NCc1ccccc1.CC. The maximum Gasteiger partial charge on any atom is 0.334 e. The number of nitrogens with zero attached hydrogens (tertiary/aromatic N) is 4. The molecule has 1 aromatic rings. The van der Waals surface area contributed by atoms with E-state index in [0.29, 0.717) is 32.4 Å². The van der Waals surface area contributed by atoms with Crippen molar-refractivity contribution in [2.24, 2.45) is 0 Å². The lowest BCUT2D eigenvalue weighted by Crippen LogP contribution is -2.76. The van der Waals surface area contributed by atoms with Crippen LogP contribution in [0.3, 0.4) is 0 Å². The van der Waals surface area contributed by atoms with Gasteiger partial charge in [-0.25, -0.2) is 14.2 Å². The number of piperazine rings is 1. The number of urea groups is 1. The maximum atomic E-state index is 13.6. The Bertz CT molecular complexity index is 1160. The molecule has 0 radical (unpaired) electrons. The Hall–Kier alpha value is -3.90. The Balaban J connectivity index is 0.00000206. The van der Waals surface area contributed by atoms with Crippen LogP contribution in [0.25, 0.3) is 0 Å². The van der Waals surface area contributed by atoms with Gasteiger partial charge in [-0.2, -0.15) is 5.01 Å². The second-order valence-electron chi connectivity index (χ2n) is 9.19. The molecule has 8 nitrogen and oxygen atoms in total. The van der Waals surface area contributed by atoms with Crippen LogP contribution in [0.5, 0.6) is 0 Å². The number of hydrogen-bond donors (Lipinski definition) is 1. The van der Waals surface area contributed by atoms with Gasteiger partial charge in [-0.3, -0.25) is 9.59 Å². The summed E-state index contributed by atoms with van der Waals surface area (Å²) in [6.07, 6.45) is 12.9. The van der Waals surface area contributed by atoms with Crippen molar-refractivity contribution in [3.05, 3.63) is 71.6 Å². The Kier molecular flexibility index (Phi) is 14.6. The van der Waals surface area contributed by atoms with E-state index in [1.165, 1.54) is 22.1 Å². The molecule has 2 heterocycles. The summed E-state index contributed by atoms with van der Waals surface area (Å²) < 4.78 is 13.6. The number of carbonyl (C=O) groups excluding carboxylic acids is 3. The Morgan fingerprint density at radius 3 is 2.49 bits per heavy atom. The molecule has 2 fully saturated rings. The van der Waals surface area contributed by atoms with Gasteiger partial charge in [-0.1, -0.05) is 84.0 Å². The van der Waals surface area contributed by atoms with Gasteiger partial charge < -0.3 is 15.1 Å². The fraction of sp³-hybridized carbons (Fsp3) is 0.469. The quantitative estimate of drug-likeness (QED) is 0.456. The molecule has 224 valence electrons. The topological polar surface area (TPSA) is 76.2 Å². The zero-order chi connectivity index (χ0) is 28.4. The first-order chi connectivity index (χ1) is 18.9. The van der Waals surface area contributed by atoms with Crippen molar-refractivity contribution < 1.29 is 18.8 Å². The van der Waals surface area contributed by atoms with E-state index in [1.54, 1.807) is 16.0 Å². The van der Waals surface area contributed by atoms with Crippen molar-refractivity contribution in [3.8, 4) is 12.3 Å². The van der Waals surface area contributed by atoms with E-state index < -0.39 is 12.2 Å². The molecule has 9 heteroatoms. The maximum absolute atomic E-state index is 13.6.